The molecule has 1 aromatic rings. The molecule has 0 unspecified atom stereocenters. The highest BCUT2D eigenvalue weighted by molar-refractivity contribution is 8.13. The van der Waals surface area contributed by atoms with Gasteiger partial charge in [0.05, 0.1) is 0 Å². The topological polar surface area (TPSA) is 89.0 Å². The summed E-state index contributed by atoms with van der Waals surface area (Å²) in [5.41, 5.74) is -1.62. The van der Waals surface area contributed by atoms with Crippen LogP contribution in [-0.4, -0.2) is 18.0 Å². The molecule has 0 aliphatic carbocycles. The number of aromatic nitrogens is 2. The summed E-state index contributed by atoms with van der Waals surface area (Å²) >= 11 is 0. The van der Waals surface area contributed by atoms with Crippen molar-refractivity contribution in [3.63, 3.8) is 0 Å². The number of halogens is 1. The Morgan fingerprint density at radius 2 is 2.00 bits per heavy atom. The van der Waals surface area contributed by atoms with Crippen LogP contribution in [0.3, 0.4) is 0 Å². The first kappa shape index (κ1) is 15.0. The molecule has 0 fully saturated rings. The number of H-pyrrole nitrogens is 1. The maximum atomic E-state index is 11.5. The Bertz CT molecular complexity index is 630. The van der Waals surface area contributed by atoms with Gasteiger partial charge in [-0.2, -0.15) is 0 Å². The number of nitrogens with one attached hydrogen (secondary N) is 1. The van der Waals surface area contributed by atoms with Crippen LogP contribution in [0.4, 0.5) is 0 Å². The minimum atomic E-state index is -4.15. The smallest absolute Gasteiger partial charge is 0.299 e. The molecular weight excluding hydrogens is 280 g/mol. The lowest BCUT2D eigenvalue weighted by Gasteiger charge is -2.07. The summed E-state index contributed by atoms with van der Waals surface area (Å²) in [5.74, 6) is 0.486. The normalized spacial score (nSPS) is 12.0. The Hall–Kier alpha value is -1.08. The average Bonchev–Trinajstić information content (AvgIpc) is 2.18. The Morgan fingerprint density at radius 1 is 1.39 bits per heavy atom. The van der Waals surface area contributed by atoms with Gasteiger partial charge in [0, 0.05) is 23.4 Å². The lowest BCUT2D eigenvalue weighted by Crippen LogP contribution is -2.32. The van der Waals surface area contributed by atoms with Gasteiger partial charge in [-0.1, -0.05) is 13.8 Å². The van der Waals surface area contributed by atoms with Crippen LogP contribution in [0.1, 0.15) is 26.7 Å². The summed E-state index contributed by atoms with van der Waals surface area (Å²) in [7, 11) is 0.964. The molecule has 1 N–H and O–H groups in total. The van der Waals surface area contributed by atoms with E-state index >= 15 is 0 Å². The van der Waals surface area contributed by atoms with Crippen molar-refractivity contribution in [1.82, 2.24) is 9.55 Å². The molecule has 0 amide bonds. The molecule has 0 radical (unpaired) electrons. The first-order chi connectivity index (χ1) is 8.21. The van der Waals surface area contributed by atoms with Gasteiger partial charge in [-0.05, 0) is 18.8 Å². The minimum Gasteiger partial charge on any atom is -0.299 e. The van der Waals surface area contributed by atoms with Crippen LogP contribution in [0.25, 0.3) is 0 Å². The van der Waals surface area contributed by atoms with E-state index in [4.69, 9.17) is 10.7 Å². The summed E-state index contributed by atoms with van der Waals surface area (Å²) < 4.78 is 23.4. The number of aryl methyl sites for hydroxylation is 1. The van der Waals surface area contributed by atoms with Gasteiger partial charge < -0.3 is 0 Å². The molecule has 0 aliphatic heterocycles. The maximum absolute atomic E-state index is 11.5. The molecule has 0 saturated heterocycles. The van der Waals surface area contributed by atoms with Gasteiger partial charge in [-0.3, -0.25) is 14.3 Å². The number of hydrogen-bond donors (Lipinski definition) is 1. The molecule has 0 atom stereocenters. The average molecular weight is 295 g/mol. The molecule has 0 aromatic carbocycles. The van der Waals surface area contributed by atoms with Gasteiger partial charge >= 0.3 is 5.69 Å². The van der Waals surface area contributed by atoms with Crippen LogP contribution < -0.4 is 11.2 Å². The number of nitrogens with zero attached hydrogens (tertiary/aromatic N) is 1. The molecule has 1 rings (SSSR count). The standard InChI is InChI=1S/C10H15ClN2O4S/c1-7(2)4-3-5-13-6-8(18(11,16)17)9(14)12-10(13)15/h6-7H,3-5H2,1-2H3,(H,12,14,15). The van der Waals surface area contributed by atoms with Crippen LogP contribution in [0, 0.1) is 5.92 Å². The summed E-state index contributed by atoms with van der Waals surface area (Å²) in [6, 6.07) is 0. The third kappa shape index (κ3) is 3.99. The van der Waals surface area contributed by atoms with E-state index < -0.39 is 25.2 Å². The van der Waals surface area contributed by atoms with Gasteiger partial charge in [0.1, 0.15) is 0 Å². The lowest BCUT2D eigenvalue weighted by molar-refractivity contribution is 0.497. The molecule has 102 valence electrons. The highest BCUT2D eigenvalue weighted by atomic mass is 35.7. The fourth-order valence-electron chi connectivity index (χ4n) is 1.50. The molecule has 1 aromatic heterocycles. The number of rotatable bonds is 5. The predicted molar refractivity (Wildman–Crippen MR) is 68.4 cm³/mol. The van der Waals surface area contributed by atoms with Gasteiger partial charge in [0.25, 0.3) is 14.6 Å². The van der Waals surface area contributed by atoms with E-state index in [1.807, 2.05) is 18.8 Å². The minimum absolute atomic E-state index is 0.340. The van der Waals surface area contributed by atoms with E-state index in [1.165, 1.54) is 0 Å². The van der Waals surface area contributed by atoms with Crippen molar-refractivity contribution in [3.05, 3.63) is 27.0 Å². The molecule has 6 nitrogen and oxygen atoms in total. The SMILES string of the molecule is CC(C)CCCn1cc(S(=O)(=O)Cl)c(=O)[nH]c1=O. The van der Waals surface area contributed by atoms with Crippen LogP contribution in [0.2, 0.25) is 0 Å². The zero-order valence-corrected chi connectivity index (χ0v) is 11.7. The van der Waals surface area contributed by atoms with Crippen molar-refractivity contribution < 1.29 is 8.42 Å². The lowest BCUT2D eigenvalue weighted by atomic mass is 10.1. The molecule has 0 aliphatic rings. The molecule has 18 heavy (non-hydrogen) atoms. The van der Waals surface area contributed by atoms with Gasteiger partial charge in [-0.25, -0.2) is 13.2 Å². The zero-order valence-electron chi connectivity index (χ0n) is 10.1. The van der Waals surface area contributed by atoms with Crippen LogP contribution in [0.15, 0.2) is 20.7 Å². The molecular formula is C10H15ClN2O4S. The Kier molecular flexibility index (Phi) is 4.75. The van der Waals surface area contributed by atoms with E-state index in [-0.39, 0.29) is 0 Å². The fraction of sp³-hybridized carbons (Fsp3) is 0.600. The molecule has 0 saturated carbocycles. The van der Waals surface area contributed by atoms with Gasteiger partial charge in [-0.15, -0.1) is 0 Å². The number of hydrogen-bond acceptors (Lipinski definition) is 4. The molecule has 0 spiro atoms. The Labute approximate surface area is 109 Å². The van der Waals surface area contributed by atoms with Gasteiger partial charge in [0.15, 0.2) is 4.90 Å². The number of aromatic amines is 1. The van der Waals surface area contributed by atoms with Crippen LogP contribution in [-0.2, 0) is 15.6 Å². The van der Waals surface area contributed by atoms with E-state index in [1.54, 1.807) is 0 Å². The van der Waals surface area contributed by atoms with Crippen molar-refractivity contribution in [3.8, 4) is 0 Å². The summed E-state index contributed by atoms with van der Waals surface area (Å²) in [6.07, 6.45) is 2.60. The van der Waals surface area contributed by atoms with Gasteiger partial charge in [0.2, 0.25) is 0 Å². The molecule has 0 bridgehead atoms. The monoisotopic (exact) mass is 294 g/mol. The largest absolute Gasteiger partial charge is 0.328 e. The van der Waals surface area contributed by atoms with Crippen molar-refractivity contribution in [2.75, 3.05) is 0 Å². The fourth-order valence-corrected chi connectivity index (χ4v) is 2.35. The van der Waals surface area contributed by atoms with E-state index in [9.17, 15) is 18.0 Å². The highest BCUT2D eigenvalue weighted by Gasteiger charge is 2.17. The molecule has 1 heterocycles. The van der Waals surface area contributed by atoms with Crippen LogP contribution >= 0.6 is 10.7 Å². The third-order valence-electron chi connectivity index (χ3n) is 2.42. The van der Waals surface area contributed by atoms with E-state index in [0.29, 0.717) is 18.9 Å². The van der Waals surface area contributed by atoms with Crippen molar-refractivity contribution >= 4 is 19.7 Å². The highest BCUT2D eigenvalue weighted by Crippen LogP contribution is 2.09. The second-order valence-electron chi connectivity index (χ2n) is 4.42. The summed E-state index contributed by atoms with van der Waals surface area (Å²) in [4.78, 5) is 24.1. The zero-order chi connectivity index (χ0) is 13.9. The second kappa shape index (κ2) is 5.71. The first-order valence-corrected chi connectivity index (χ1v) is 7.81. The quantitative estimate of drug-likeness (QED) is 0.817. The van der Waals surface area contributed by atoms with E-state index in [0.717, 1.165) is 17.2 Å². The third-order valence-corrected chi connectivity index (χ3v) is 3.74. The summed E-state index contributed by atoms with van der Waals surface area (Å²) in [6.45, 7) is 4.43. The summed E-state index contributed by atoms with van der Waals surface area (Å²) in [5, 5.41) is 0. The predicted octanol–water partition coefficient (Wildman–Crippen LogP) is 0.900. The van der Waals surface area contributed by atoms with Crippen molar-refractivity contribution in [2.45, 2.75) is 38.1 Å². The Balaban J connectivity index is 3.07. The van der Waals surface area contributed by atoms with E-state index in [2.05, 4.69) is 0 Å². The first-order valence-electron chi connectivity index (χ1n) is 5.50. The molecule has 8 heteroatoms. The Morgan fingerprint density at radius 3 is 2.50 bits per heavy atom. The van der Waals surface area contributed by atoms with Crippen molar-refractivity contribution in [1.29, 1.82) is 0 Å². The maximum Gasteiger partial charge on any atom is 0.328 e. The van der Waals surface area contributed by atoms with Crippen LogP contribution in [0.5, 0.6) is 0 Å². The second-order valence-corrected chi connectivity index (χ2v) is 6.95. The van der Waals surface area contributed by atoms with Crippen molar-refractivity contribution in [2.24, 2.45) is 5.92 Å².